The van der Waals surface area contributed by atoms with Crippen molar-refractivity contribution in [3.8, 4) is 0 Å². The summed E-state index contributed by atoms with van der Waals surface area (Å²) < 4.78 is 0. The van der Waals surface area contributed by atoms with Gasteiger partial charge in [0.05, 0.1) is 10.0 Å². The number of carbonyl (C=O) groups excluding carboxylic acids is 2. The summed E-state index contributed by atoms with van der Waals surface area (Å²) in [7, 11) is 0. The molecule has 0 aliphatic carbocycles. The Kier molecular flexibility index (Phi) is 7.27. The molecule has 1 aromatic rings. The van der Waals surface area contributed by atoms with Crippen molar-refractivity contribution in [3.63, 3.8) is 0 Å². The minimum Gasteiger partial charge on any atom is -0.480 e. The minimum atomic E-state index is -1.07. The maximum atomic E-state index is 12.6. The Morgan fingerprint density at radius 1 is 1.26 bits per heavy atom. The molecule has 0 radical (unpaired) electrons. The van der Waals surface area contributed by atoms with E-state index < -0.39 is 12.0 Å². The first-order valence-corrected chi connectivity index (χ1v) is 9.41. The van der Waals surface area contributed by atoms with E-state index in [0.717, 1.165) is 0 Å². The lowest BCUT2D eigenvalue weighted by atomic mass is 9.95. The number of hydrogen-bond acceptors (Lipinski definition) is 3. The van der Waals surface area contributed by atoms with Gasteiger partial charge >= 0.3 is 5.97 Å². The van der Waals surface area contributed by atoms with Gasteiger partial charge in [-0.3, -0.25) is 14.4 Å². The van der Waals surface area contributed by atoms with E-state index in [4.69, 9.17) is 28.3 Å². The fourth-order valence-electron chi connectivity index (χ4n) is 2.91. The molecule has 1 heterocycles. The van der Waals surface area contributed by atoms with Crippen LogP contribution in [0.15, 0.2) is 23.8 Å². The average Bonchev–Trinajstić information content (AvgIpc) is 2.64. The van der Waals surface area contributed by atoms with Crippen molar-refractivity contribution in [2.45, 2.75) is 32.7 Å². The molecule has 6 nitrogen and oxygen atoms in total. The molecule has 1 atom stereocenters. The molecule has 0 unspecified atom stereocenters. The monoisotopic (exact) mass is 412 g/mol. The lowest BCUT2D eigenvalue weighted by Crippen LogP contribution is -2.46. The van der Waals surface area contributed by atoms with Crippen LogP contribution in [0.2, 0.25) is 10.0 Å². The number of halogens is 2. The smallest absolute Gasteiger partial charge is 0.325 e. The van der Waals surface area contributed by atoms with Crippen LogP contribution in [0.3, 0.4) is 0 Å². The van der Waals surface area contributed by atoms with Gasteiger partial charge in [0, 0.05) is 24.6 Å². The Hall–Kier alpha value is -2.05. The maximum Gasteiger partial charge on any atom is 0.325 e. The lowest BCUT2D eigenvalue weighted by molar-refractivity contribution is -0.142. The molecule has 1 aromatic carbocycles. The Morgan fingerprint density at radius 2 is 1.89 bits per heavy atom. The first kappa shape index (κ1) is 21.3. The van der Waals surface area contributed by atoms with Gasteiger partial charge in [0.2, 0.25) is 11.8 Å². The zero-order chi connectivity index (χ0) is 20.1. The molecule has 146 valence electrons. The van der Waals surface area contributed by atoms with Gasteiger partial charge < -0.3 is 15.3 Å². The number of amides is 2. The first-order valence-electron chi connectivity index (χ1n) is 8.65. The summed E-state index contributed by atoms with van der Waals surface area (Å²) in [4.78, 5) is 37.3. The molecule has 1 aliphatic heterocycles. The molecule has 1 fully saturated rings. The summed E-state index contributed by atoms with van der Waals surface area (Å²) in [6, 6.07) is 4.30. The molecular formula is C19H22Cl2N2O4. The number of carboxylic acids is 1. The minimum absolute atomic E-state index is 0.121. The van der Waals surface area contributed by atoms with Crippen LogP contribution in [0.1, 0.15) is 32.3 Å². The average molecular weight is 413 g/mol. The molecule has 8 heteroatoms. The van der Waals surface area contributed by atoms with Gasteiger partial charge in [-0.2, -0.15) is 0 Å². The van der Waals surface area contributed by atoms with Crippen molar-refractivity contribution in [1.82, 2.24) is 10.2 Å². The van der Waals surface area contributed by atoms with E-state index in [1.165, 1.54) is 6.92 Å². The largest absolute Gasteiger partial charge is 0.480 e. The van der Waals surface area contributed by atoms with Crippen LogP contribution in [0.5, 0.6) is 0 Å². The van der Waals surface area contributed by atoms with Crippen molar-refractivity contribution in [2.75, 3.05) is 13.1 Å². The predicted molar refractivity (Wildman–Crippen MR) is 105 cm³/mol. The molecule has 2 rings (SSSR count). The highest BCUT2D eigenvalue weighted by Crippen LogP contribution is 2.28. The zero-order valence-corrected chi connectivity index (χ0v) is 16.7. The van der Waals surface area contributed by atoms with E-state index in [-0.39, 0.29) is 17.7 Å². The molecule has 0 bridgehead atoms. The summed E-state index contributed by atoms with van der Waals surface area (Å²) in [5.41, 5.74) is 1.20. The topological polar surface area (TPSA) is 86.7 Å². The summed E-state index contributed by atoms with van der Waals surface area (Å²) in [5.74, 6) is -1.77. The molecular weight excluding hydrogens is 391 g/mol. The Morgan fingerprint density at radius 3 is 2.48 bits per heavy atom. The third kappa shape index (κ3) is 5.47. The van der Waals surface area contributed by atoms with Crippen molar-refractivity contribution in [2.24, 2.45) is 5.92 Å². The van der Waals surface area contributed by atoms with Gasteiger partial charge in [0.25, 0.3) is 0 Å². The molecule has 2 amide bonds. The molecule has 27 heavy (non-hydrogen) atoms. The number of piperidine rings is 1. The zero-order valence-electron chi connectivity index (χ0n) is 15.2. The molecule has 0 aromatic heterocycles. The third-order valence-electron chi connectivity index (χ3n) is 4.57. The van der Waals surface area contributed by atoms with Crippen molar-refractivity contribution in [1.29, 1.82) is 0 Å². The van der Waals surface area contributed by atoms with Gasteiger partial charge in [0.15, 0.2) is 0 Å². The summed E-state index contributed by atoms with van der Waals surface area (Å²) in [5, 5.41) is 12.2. The number of carbonyl (C=O) groups is 3. The maximum absolute atomic E-state index is 12.6. The van der Waals surface area contributed by atoms with Crippen LogP contribution in [0, 0.1) is 5.92 Å². The van der Waals surface area contributed by atoms with Crippen LogP contribution in [0.25, 0.3) is 6.08 Å². The van der Waals surface area contributed by atoms with Crippen LogP contribution >= 0.6 is 23.2 Å². The van der Waals surface area contributed by atoms with E-state index in [9.17, 15) is 14.4 Å². The van der Waals surface area contributed by atoms with Crippen LogP contribution in [-0.4, -0.2) is 46.9 Å². The fraction of sp³-hybridized carbons (Fsp3) is 0.421. The number of carboxylic acid groups (broad SMARTS) is 1. The van der Waals surface area contributed by atoms with Crippen molar-refractivity contribution < 1.29 is 19.5 Å². The molecule has 2 N–H and O–H groups in total. The number of nitrogens with zero attached hydrogens (tertiary/aromatic N) is 1. The fourth-order valence-corrected chi connectivity index (χ4v) is 3.28. The van der Waals surface area contributed by atoms with E-state index in [0.29, 0.717) is 47.1 Å². The van der Waals surface area contributed by atoms with Crippen LogP contribution in [-0.2, 0) is 14.4 Å². The molecule has 0 spiro atoms. The van der Waals surface area contributed by atoms with Gasteiger partial charge in [-0.05, 0) is 44.4 Å². The lowest BCUT2D eigenvalue weighted by Gasteiger charge is -2.32. The summed E-state index contributed by atoms with van der Waals surface area (Å²) in [6.45, 7) is 4.01. The second-order valence-electron chi connectivity index (χ2n) is 6.61. The van der Waals surface area contributed by atoms with Gasteiger partial charge in [0.1, 0.15) is 6.04 Å². The molecule has 1 saturated heterocycles. The summed E-state index contributed by atoms with van der Waals surface area (Å²) in [6.07, 6.45) is 2.69. The number of hydrogen-bond donors (Lipinski definition) is 2. The molecule has 0 saturated carbocycles. The highest BCUT2D eigenvalue weighted by Gasteiger charge is 2.29. The first-order chi connectivity index (χ1) is 12.7. The quantitative estimate of drug-likeness (QED) is 0.726. The van der Waals surface area contributed by atoms with E-state index >= 15 is 0 Å². The highest BCUT2D eigenvalue weighted by molar-refractivity contribution is 6.42. The SMILES string of the molecule is C/C(=C\c1cccc(Cl)c1Cl)C(=O)N1CCC(C(=O)N[C@@H](C)C(=O)O)CC1. The van der Waals surface area contributed by atoms with Gasteiger partial charge in [-0.1, -0.05) is 35.3 Å². The number of aliphatic carboxylic acids is 1. The Balaban J connectivity index is 1.96. The molecule has 1 aliphatic rings. The predicted octanol–water partition coefficient (Wildman–Crippen LogP) is 3.22. The van der Waals surface area contributed by atoms with E-state index in [1.807, 2.05) is 0 Å². The van der Waals surface area contributed by atoms with Crippen LogP contribution in [0.4, 0.5) is 0 Å². The van der Waals surface area contributed by atoms with Crippen molar-refractivity contribution in [3.05, 3.63) is 39.4 Å². The number of nitrogens with one attached hydrogen (secondary N) is 1. The van der Waals surface area contributed by atoms with Crippen LogP contribution < -0.4 is 5.32 Å². The second-order valence-corrected chi connectivity index (χ2v) is 7.39. The summed E-state index contributed by atoms with van der Waals surface area (Å²) >= 11 is 12.2. The highest BCUT2D eigenvalue weighted by atomic mass is 35.5. The van der Waals surface area contributed by atoms with Crippen molar-refractivity contribution >= 4 is 47.1 Å². The van der Waals surface area contributed by atoms with Gasteiger partial charge in [-0.25, -0.2) is 0 Å². The number of benzene rings is 1. The third-order valence-corrected chi connectivity index (χ3v) is 5.41. The Bertz CT molecular complexity index is 771. The van der Waals surface area contributed by atoms with Gasteiger partial charge in [-0.15, -0.1) is 0 Å². The van der Waals surface area contributed by atoms with E-state index in [1.54, 1.807) is 36.1 Å². The Labute approximate surface area is 168 Å². The standard InChI is InChI=1S/C19H22Cl2N2O4/c1-11(10-14-4-3-5-15(20)16(14)21)18(25)23-8-6-13(7-9-23)17(24)22-12(2)19(26)27/h3-5,10,12-13H,6-9H2,1-2H3,(H,22,24)(H,26,27)/b11-10+/t12-/m0/s1. The van der Waals surface area contributed by atoms with E-state index in [2.05, 4.69) is 5.32 Å². The number of rotatable bonds is 5. The normalized spacial score (nSPS) is 16.7. The number of likely N-dealkylation sites (tertiary alicyclic amines) is 1. The second kappa shape index (κ2) is 9.24.